The van der Waals surface area contributed by atoms with E-state index in [1.165, 1.54) is 0 Å². The van der Waals surface area contributed by atoms with Crippen LogP contribution in [0.25, 0.3) is 11.3 Å². The van der Waals surface area contributed by atoms with Crippen molar-refractivity contribution in [1.82, 2.24) is 9.55 Å². The first-order chi connectivity index (χ1) is 10.8. The van der Waals surface area contributed by atoms with E-state index in [0.29, 0.717) is 10.6 Å². The molecule has 0 spiro atoms. The number of rotatable bonds is 4. The van der Waals surface area contributed by atoms with Gasteiger partial charge in [-0.1, -0.05) is 49.2 Å². The van der Waals surface area contributed by atoms with E-state index >= 15 is 0 Å². The molecule has 0 atom stereocenters. The van der Waals surface area contributed by atoms with Gasteiger partial charge in [0.1, 0.15) is 17.6 Å². The summed E-state index contributed by atoms with van der Waals surface area (Å²) in [6, 6.07) is 6.23. The molecule has 0 saturated carbocycles. The van der Waals surface area contributed by atoms with Crippen LogP contribution in [0.3, 0.4) is 0 Å². The van der Waals surface area contributed by atoms with Gasteiger partial charge < -0.3 is 4.74 Å². The van der Waals surface area contributed by atoms with E-state index in [2.05, 4.69) is 4.98 Å². The van der Waals surface area contributed by atoms with Gasteiger partial charge >= 0.3 is 6.18 Å². The van der Waals surface area contributed by atoms with Crippen LogP contribution in [-0.2, 0) is 17.6 Å². The van der Waals surface area contributed by atoms with Crippen molar-refractivity contribution in [3.8, 4) is 11.3 Å². The van der Waals surface area contributed by atoms with Gasteiger partial charge in [-0.3, -0.25) is 4.57 Å². The zero-order valence-corrected chi connectivity index (χ0v) is 14.4. The lowest BCUT2D eigenvalue weighted by atomic mass is 10.2. The van der Waals surface area contributed by atoms with Crippen molar-refractivity contribution >= 4 is 23.2 Å². The average molecular weight is 369 g/mol. The van der Waals surface area contributed by atoms with Crippen LogP contribution in [0.4, 0.5) is 13.2 Å². The number of hydrogen-bond donors (Lipinski definition) is 0. The van der Waals surface area contributed by atoms with Gasteiger partial charge in [0, 0.05) is 17.2 Å². The summed E-state index contributed by atoms with van der Waals surface area (Å²) in [6.07, 6.45) is -4.62. The molecule has 0 bridgehead atoms. The van der Waals surface area contributed by atoms with Crippen molar-refractivity contribution in [2.24, 2.45) is 0 Å². The zero-order chi connectivity index (χ0) is 17.6. The summed E-state index contributed by atoms with van der Waals surface area (Å²) < 4.78 is 44.9. The number of imidazole rings is 1. The quantitative estimate of drug-likeness (QED) is 0.671. The van der Waals surface area contributed by atoms with Crippen molar-refractivity contribution in [2.45, 2.75) is 33.7 Å². The fourth-order valence-electron chi connectivity index (χ4n) is 1.74. The Morgan fingerprint density at radius 2 is 1.70 bits per heavy atom. The predicted octanol–water partition coefficient (Wildman–Crippen LogP) is 5.90. The molecule has 0 radical (unpaired) electrons. The number of aromatic nitrogens is 2. The molecule has 3 nitrogen and oxygen atoms in total. The van der Waals surface area contributed by atoms with Gasteiger partial charge in [0.05, 0.1) is 0 Å². The Kier molecular flexibility index (Phi) is 7.38. The van der Waals surface area contributed by atoms with Crippen LogP contribution in [0.1, 0.15) is 26.6 Å². The highest BCUT2D eigenvalue weighted by atomic mass is 35.5. The molecule has 0 fully saturated rings. The van der Waals surface area contributed by atoms with E-state index in [9.17, 15) is 13.2 Å². The highest BCUT2D eigenvalue weighted by Gasteiger charge is 2.39. The second-order valence-corrected chi connectivity index (χ2v) is 4.92. The Morgan fingerprint density at radius 1 is 1.13 bits per heavy atom. The van der Waals surface area contributed by atoms with Gasteiger partial charge in [0.2, 0.25) is 5.82 Å². The molecule has 0 aliphatic rings. The van der Waals surface area contributed by atoms with Gasteiger partial charge in [0.25, 0.3) is 0 Å². The van der Waals surface area contributed by atoms with Gasteiger partial charge in [-0.05, 0) is 19.1 Å². The van der Waals surface area contributed by atoms with Crippen molar-refractivity contribution < 1.29 is 17.9 Å². The zero-order valence-electron chi connectivity index (χ0n) is 12.9. The molecule has 1 aromatic heterocycles. The summed E-state index contributed by atoms with van der Waals surface area (Å²) >= 11 is 11.8. The Hall–Kier alpha value is -1.24. The second-order valence-electron chi connectivity index (χ2n) is 4.13. The first-order valence-corrected chi connectivity index (χ1v) is 7.77. The summed E-state index contributed by atoms with van der Waals surface area (Å²) in [4.78, 5) is 3.62. The van der Waals surface area contributed by atoms with E-state index in [4.69, 9.17) is 27.9 Å². The topological polar surface area (TPSA) is 27.1 Å². The second kappa shape index (κ2) is 8.57. The first kappa shape index (κ1) is 19.8. The molecule has 0 N–H and O–H groups in total. The number of nitrogens with zero attached hydrogens (tertiary/aromatic N) is 2. The Morgan fingerprint density at radius 3 is 2.17 bits per heavy atom. The van der Waals surface area contributed by atoms with Gasteiger partial charge in [-0.15, -0.1) is 0 Å². The van der Waals surface area contributed by atoms with Crippen LogP contribution >= 0.6 is 23.2 Å². The number of hydrogen-bond acceptors (Lipinski definition) is 2. The summed E-state index contributed by atoms with van der Waals surface area (Å²) in [5.74, 6) is -1.09. The molecule has 23 heavy (non-hydrogen) atoms. The maximum absolute atomic E-state index is 13.0. The minimum Gasteiger partial charge on any atom is -0.361 e. The molecule has 128 valence electrons. The van der Waals surface area contributed by atoms with Crippen LogP contribution in [-0.4, -0.2) is 16.2 Å². The Balaban J connectivity index is 0.00000127. The number of halogens is 5. The highest BCUT2D eigenvalue weighted by Crippen LogP contribution is 2.36. The molecule has 1 aromatic carbocycles. The number of ether oxygens (including phenoxy) is 1. The van der Waals surface area contributed by atoms with E-state index in [1.807, 2.05) is 13.8 Å². The fourth-order valence-corrected chi connectivity index (χ4v) is 2.15. The van der Waals surface area contributed by atoms with Crippen LogP contribution in [0.2, 0.25) is 10.2 Å². The third kappa shape index (κ3) is 4.86. The van der Waals surface area contributed by atoms with Crippen LogP contribution < -0.4 is 0 Å². The van der Waals surface area contributed by atoms with Gasteiger partial charge in [-0.2, -0.15) is 13.2 Å². The molecule has 0 amide bonds. The first-order valence-electron chi connectivity index (χ1n) is 7.01. The molecular formula is C15H17Cl2F3N2O. The monoisotopic (exact) mass is 368 g/mol. The smallest absolute Gasteiger partial charge is 0.361 e. The van der Waals surface area contributed by atoms with Crippen LogP contribution in [0.15, 0.2) is 24.3 Å². The summed E-state index contributed by atoms with van der Waals surface area (Å²) in [5.41, 5.74) is 0.491. The third-order valence-electron chi connectivity index (χ3n) is 2.70. The standard InChI is InChI=1S/C13H11Cl2F3N2O.C2H6/c1-2-21-7-20-11(15)10(19-12(20)13(16,17)18)8-3-5-9(14)6-4-8;1-2/h3-6H,2,7H2,1H3;1-2H3. The largest absolute Gasteiger partial charge is 0.449 e. The predicted molar refractivity (Wildman–Crippen MR) is 85.7 cm³/mol. The molecule has 1 heterocycles. The fraction of sp³-hybridized carbons (Fsp3) is 0.400. The lowest BCUT2D eigenvalue weighted by Gasteiger charge is -2.10. The van der Waals surface area contributed by atoms with Crippen LogP contribution in [0, 0.1) is 0 Å². The Bertz CT molecular complexity index is 625. The lowest BCUT2D eigenvalue weighted by Crippen LogP contribution is -2.16. The van der Waals surface area contributed by atoms with Crippen molar-refractivity contribution in [3.63, 3.8) is 0 Å². The van der Waals surface area contributed by atoms with Gasteiger partial charge in [-0.25, -0.2) is 4.98 Å². The number of benzene rings is 1. The van der Waals surface area contributed by atoms with E-state index in [1.54, 1.807) is 31.2 Å². The van der Waals surface area contributed by atoms with Crippen molar-refractivity contribution in [3.05, 3.63) is 40.3 Å². The maximum Gasteiger partial charge on any atom is 0.449 e. The highest BCUT2D eigenvalue weighted by molar-refractivity contribution is 6.32. The minimum absolute atomic E-state index is 0.0420. The lowest BCUT2D eigenvalue weighted by molar-refractivity contribution is -0.149. The normalized spacial score (nSPS) is 11.1. The molecule has 0 aliphatic carbocycles. The molecule has 0 aliphatic heterocycles. The third-order valence-corrected chi connectivity index (χ3v) is 3.34. The SMILES string of the molecule is CC.CCOCn1c(C(F)(F)F)nc(-c2ccc(Cl)cc2)c1Cl. The summed E-state index contributed by atoms with van der Waals surface area (Å²) in [5, 5.41) is 0.345. The molecule has 2 aromatic rings. The number of alkyl halides is 3. The molecule has 0 saturated heterocycles. The minimum atomic E-state index is -4.62. The van der Waals surface area contributed by atoms with E-state index < -0.39 is 12.0 Å². The van der Waals surface area contributed by atoms with E-state index in [-0.39, 0.29) is 24.2 Å². The Labute approximate surface area is 143 Å². The van der Waals surface area contributed by atoms with Crippen LogP contribution in [0.5, 0.6) is 0 Å². The maximum atomic E-state index is 13.0. The average Bonchev–Trinajstić information content (AvgIpc) is 2.85. The van der Waals surface area contributed by atoms with Crippen molar-refractivity contribution in [2.75, 3.05) is 6.61 Å². The summed E-state index contributed by atoms with van der Waals surface area (Å²) in [7, 11) is 0. The molecule has 0 unspecified atom stereocenters. The van der Waals surface area contributed by atoms with E-state index in [0.717, 1.165) is 4.57 Å². The summed E-state index contributed by atoms with van der Waals surface area (Å²) in [6.45, 7) is 5.63. The van der Waals surface area contributed by atoms with Gasteiger partial charge in [0.15, 0.2) is 0 Å². The molecule has 8 heteroatoms. The van der Waals surface area contributed by atoms with Crippen molar-refractivity contribution in [1.29, 1.82) is 0 Å². The molecular weight excluding hydrogens is 352 g/mol. The molecule has 2 rings (SSSR count).